The Morgan fingerprint density at radius 1 is 1.04 bits per heavy atom. The van der Waals surface area contributed by atoms with Gasteiger partial charge < -0.3 is 10.2 Å². The molecule has 0 aromatic heterocycles. The topological polar surface area (TPSA) is 83.6 Å². The van der Waals surface area contributed by atoms with Crippen molar-refractivity contribution in [3.05, 3.63) is 58.6 Å². The molecule has 0 heterocycles. The zero-order valence-electron chi connectivity index (χ0n) is 16.0. The van der Waals surface area contributed by atoms with E-state index in [1.165, 1.54) is 24.1 Å². The molecule has 0 aliphatic heterocycles. The molecule has 2 aromatic carbocycles. The first-order valence-electron chi connectivity index (χ1n) is 8.69. The number of nitrogens with one attached hydrogen (secondary N) is 1. The van der Waals surface area contributed by atoms with Crippen LogP contribution in [0.4, 0.5) is 5.69 Å². The molecule has 0 spiro atoms. The lowest BCUT2D eigenvalue weighted by Gasteiger charge is -2.18. The summed E-state index contributed by atoms with van der Waals surface area (Å²) in [6.45, 7) is 3.60. The number of para-hydroxylation sites is 1. The van der Waals surface area contributed by atoms with Gasteiger partial charge in [-0.1, -0.05) is 41.9 Å². The second-order valence-corrected chi connectivity index (χ2v) is 9.05. The summed E-state index contributed by atoms with van der Waals surface area (Å²) in [5.74, 6) is -1.16. The van der Waals surface area contributed by atoms with E-state index in [1.807, 2.05) is 32.0 Å². The van der Waals surface area contributed by atoms with Crippen LogP contribution in [0, 0.1) is 13.8 Å². The maximum atomic E-state index is 12.4. The summed E-state index contributed by atoms with van der Waals surface area (Å²) in [6, 6.07) is 11.8. The molecule has 28 heavy (non-hydrogen) atoms. The first kappa shape index (κ1) is 21.9. The van der Waals surface area contributed by atoms with Crippen LogP contribution in [0.3, 0.4) is 0 Å². The summed E-state index contributed by atoms with van der Waals surface area (Å²) >= 11 is 5.93. The molecule has 0 radical (unpaired) electrons. The van der Waals surface area contributed by atoms with Crippen molar-refractivity contribution < 1.29 is 18.0 Å². The molecule has 2 rings (SSSR count). The molecule has 0 aliphatic carbocycles. The molecular formula is C20H23ClN2O4S. The second-order valence-electron chi connectivity index (χ2n) is 6.56. The summed E-state index contributed by atoms with van der Waals surface area (Å²) in [5, 5.41) is 2.92. The molecule has 0 aliphatic rings. The van der Waals surface area contributed by atoms with Crippen molar-refractivity contribution in [3.63, 3.8) is 0 Å². The Morgan fingerprint density at radius 3 is 2.25 bits per heavy atom. The lowest BCUT2D eigenvalue weighted by Crippen LogP contribution is -2.35. The normalized spacial score (nSPS) is 11.1. The lowest BCUT2D eigenvalue weighted by atomic mass is 10.1. The maximum absolute atomic E-state index is 12.4. The van der Waals surface area contributed by atoms with Crippen LogP contribution < -0.4 is 5.32 Å². The van der Waals surface area contributed by atoms with Crippen molar-refractivity contribution in [2.45, 2.75) is 25.2 Å². The molecular weight excluding hydrogens is 400 g/mol. The Morgan fingerprint density at radius 2 is 1.64 bits per heavy atom. The average molecular weight is 423 g/mol. The van der Waals surface area contributed by atoms with E-state index in [0.29, 0.717) is 0 Å². The van der Waals surface area contributed by atoms with Crippen LogP contribution in [0.2, 0.25) is 5.02 Å². The molecule has 0 fully saturated rings. The van der Waals surface area contributed by atoms with Crippen molar-refractivity contribution in [1.82, 2.24) is 4.90 Å². The van der Waals surface area contributed by atoms with Crippen LogP contribution in [-0.4, -0.2) is 44.5 Å². The molecule has 0 atom stereocenters. The van der Waals surface area contributed by atoms with Gasteiger partial charge in [0.15, 0.2) is 9.84 Å². The molecule has 8 heteroatoms. The number of carbonyl (C=O) groups is 2. The minimum atomic E-state index is -3.69. The molecule has 0 unspecified atom stereocenters. The third kappa shape index (κ3) is 5.56. The van der Waals surface area contributed by atoms with Crippen molar-refractivity contribution >= 4 is 38.9 Å². The van der Waals surface area contributed by atoms with Crippen molar-refractivity contribution in [2.24, 2.45) is 0 Å². The van der Waals surface area contributed by atoms with Crippen molar-refractivity contribution in [2.75, 3.05) is 24.7 Å². The average Bonchev–Trinajstić information content (AvgIpc) is 2.63. The number of hydrogen-bond donors (Lipinski definition) is 1. The summed E-state index contributed by atoms with van der Waals surface area (Å²) in [4.78, 5) is 25.7. The number of carbonyl (C=O) groups excluding carboxylic acids is 2. The number of aryl methyl sites for hydroxylation is 2. The number of benzene rings is 2. The van der Waals surface area contributed by atoms with E-state index in [-0.39, 0.29) is 34.5 Å². The smallest absolute Gasteiger partial charge is 0.243 e. The third-order valence-electron chi connectivity index (χ3n) is 4.31. The van der Waals surface area contributed by atoms with Crippen molar-refractivity contribution in [3.8, 4) is 0 Å². The van der Waals surface area contributed by atoms with E-state index in [1.54, 1.807) is 12.1 Å². The van der Waals surface area contributed by atoms with Gasteiger partial charge in [-0.05, 0) is 37.1 Å². The number of likely N-dealkylation sites (N-methyl/N-ethyl adjacent to an activating group) is 1. The van der Waals surface area contributed by atoms with Gasteiger partial charge in [0.25, 0.3) is 0 Å². The first-order valence-corrected chi connectivity index (χ1v) is 10.7. The minimum Gasteiger partial charge on any atom is -0.336 e. The monoisotopic (exact) mass is 422 g/mol. The Bertz CT molecular complexity index is 969. The van der Waals surface area contributed by atoms with E-state index in [4.69, 9.17) is 11.6 Å². The maximum Gasteiger partial charge on any atom is 0.243 e. The van der Waals surface area contributed by atoms with E-state index >= 15 is 0 Å². The number of rotatable bonds is 7. The zero-order chi connectivity index (χ0) is 20.9. The zero-order valence-corrected chi connectivity index (χ0v) is 17.6. The van der Waals surface area contributed by atoms with Gasteiger partial charge >= 0.3 is 0 Å². The van der Waals surface area contributed by atoms with E-state index < -0.39 is 15.7 Å². The summed E-state index contributed by atoms with van der Waals surface area (Å²) in [5.41, 5.74) is 2.57. The fourth-order valence-corrected chi connectivity index (χ4v) is 4.52. The first-order chi connectivity index (χ1) is 13.1. The number of halogens is 1. The molecule has 1 N–H and O–H groups in total. The number of amides is 2. The molecule has 0 bridgehead atoms. The van der Waals surface area contributed by atoms with Crippen molar-refractivity contribution in [1.29, 1.82) is 0 Å². The quantitative estimate of drug-likeness (QED) is 0.742. The summed E-state index contributed by atoms with van der Waals surface area (Å²) < 4.78 is 24.8. The van der Waals surface area contributed by atoms with Gasteiger partial charge in [-0.15, -0.1) is 0 Å². The van der Waals surface area contributed by atoms with Crippen LogP contribution >= 0.6 is 11.6 Å². The molecule has 150 valence electrons. The van der Waals surface area contributed by atoms with Crippen LogP contribution in [0.5, 0.6) is 0 Å². The molecule has 2 amide bonds. The predicted octanol–water partition coefficient (Wildman–Crippen LogP) is 3.22. The standard InChI is InChI=1S/C20H23ClN2O4S/c1-14-7-6-8-15(2)20(14)22-18(24)13-23(3)19(25)11-12-28(26,27)17-10-5-4-9-16(17)21/h4-10H,11-13H2,1-3H3,(H,22,24). The van der Waals surface area contributed by atoms with Gasteiger partial charge in [0.2, 0.25) is 11.8 Å². The fraction of sp³-hybridized carbons (Fsp3) is 0.300. The predicted molar refractivity (Wildman–Crippen MR) is 110 cm³/mol. The van der Waals surface area contributed by atoms with Gasteiger partial charge in [0.05, 0.1) is 22.2 Å². The number of hydrogen-bond acceptors (Lipinski definition) is 4. The van der Waals surface area contributed by atoms with Gasteiger partial charge in [-0.2, -0.15) is 0 Å². The number of nitrogens with zero attached hydrogens (tertiary/aromatic N) is 1. The van der Waals surface area contributed by atoms with E-state index in [9.17, 15) is 18.0 Å². The number of anilines is 1. The Labute approximate surface area is 170 Å². The minimum absolute atomic E-state index is 0.000101. The Balaban J connectivity index is 1.94. The third-order valence-corrected chi connectivity index (χ3v) is 6.52. The summed E-state index contributed by atoms with van der Waals surface area (Å²) in [6.07, 6.45) is -0.235. The van der Waals surface area contributed by atoms with Crippen LogP contribution in [0.25, 0.3) is 0 Å². The molecule has 0 saturated heterocycles. The molecule has 2 aromatic rings. The Hall–Kier alpha value is -2.38. The van der Waals surface area contributed by atoms with Gasteiger partial charge in [0.1, 0.15) is 0 Å². The van der Waals surface area contributed by atoms with E-state index in [0.717, 1.165) is 16.8 Å². The SMILES string of the molecule is Cc1cccc(C)c1NC(=O)CN(C)C(=O)CCS(=O)(=O)c1ccccc1Cl. The number of sulfone groups is 1. The highest BCUT2D eigenvalue weighted by Gasteiger charge is 2.21. The van der Waals surface area contributed by atoms with Gasteiger partial charge in [-0.25, -0.2) is 8.42 Å². The van der Waals surface area contributed by atoms with E-state index in [2.05, 4.69) is 5.32 Å². The van der Waals surface area contributed by atoms with Crippen LogP contribution in [0.1, 0.15) is 17.5 Å². The Kier molecular flexibility index (Phi) is 7.21. The largest absolute Gasteiger partial charge is 0.336 e. The van der Waals surface area contributed by atoms with Gasteiger partial charge in [-0.3, -0.25) is 9.59 Å². The van der Waals surface area contributed by atoms with Crippen LogP contribution in [-0.2, 0) is 19.4 Å². The highest BCUT2D eigenvalue weighted by molar-refractivity contribution is 7.91. The highest BCUT2D eigenvalue weighted by atomic mass is 35.5. The second kappa shape index (κ2) is 9.21. The van der Waals surface area contributed by atoms with Gasteiger partial charge in [0, 0.05) is 19.2 Å². The molecule has 6 nitrogen and oxygen atoms in total. The summed E-state index contributed by atoms with van der Waals surface area (Å²) in [7, 11) is -2.22. The lowest BCUT2D eigenvalue weighted by molar-refractivity contribution is -0.132. The fourth-order valence-electron chi connectivity index (χ4n) is 2.71. The van der Waals surface area contributed by atoms with Crippen LogP contribution in [0.15, 0.2) is 47.4 Å². The highest BCUT2D eigenvalue weighted by Crippen LogP contribution is 2.22. The molecule has 0 saturated carbocycles.